The van der Waals surface area contributed by atoms with E-state index in [0.29, 0.717) is 11.5 Å². The Bertz CT molecular complexity index is 1200. The lowest BCUT2D eigenvalue weighted by Crippen LogP contribution is -2.27. The van der Waals surface area contributed by atoms with Crippen molar-refractivity contribution in [2.75, 3.05) is 14.2 Å². The first-order chi connectivity index (χ1) is 14.5. The van der Waals surface area contributed by atoms with Gasteiger partial charge in [-0.05, 0) is 46.8 Å². The average Bonchev–Trinajstić information content (AvgIpc) is 3.34. The Morgan fingerprint density at radius 1 is 1.10 bits per heavy atom. The number of amides is 2. The fraction of sp³-hybridized carbons (Fsp3) is 0.136. The van der Waals surface area contributed by atoms with E-state index in [1.54, 1.807) is 13.2 Å². The molecule has 1 aliphatic heterocycles. The van der Waals surface area contributed by atoms with Gasteiger partial charge in [-0.15, -0.1) is 0 Å². The number of hydrogen-bond acceptors (Lipinski definition) is 7. The van der Waals surface area contributed by atoms with E-state index >= 15 is 0 Å². The molecule has 0 bridgehead atoms. The van der Waals surface area contributed by atoms with Crippen LogP contribution in [0.4, 0.5) is 4.79 Å². The molecule has 2 aromatic carbocycles. The van der Waals surface area contributed by atoms with Crippen LogP contribution in [0.15, 0.2) is 57.9 Å². The quantitative estimate of drug-likeness (QED) is 0.442. The summed E-state index contributed by atoms with van der Waals surface area (Å²) in [6.45, 7) is -0.0777. The first-order valence-electron chi connectivity index (χ1n) is 9.00. The molecule has 152 valence electrons. The molecule has 8 heteroatoms. The molecule has 0 radical (unpaired) electrons. The van der Waals surface area contributed by atoms with Gasteiger partial charge in [-0.25, -0.2) is 4.79 Å². The minimum Gasteiger partial charge on any atom is -0.496 e. The largest absolute Gasteiger partial charge is 0.496 e. The molecule has 1 fully saturated rings. The van der Waals surface area contributed by atoms with Gasteiger partial charge in [0.2, 0.25) is 5.76 Å². The molecule has 2 heterocycles. The summed E-state index contributed by atoms with van der Waals surface area (Å²) < 4.78 is 15.4. The number of benzene rings is 2. The standard InChI is InChI=1S/C22H17NO6S/c1-27-17-9-7-13-5-3-4-6-15(13)16(17)11-19-20(24)23(22(26)30-19)12-14-8-10-18(29-14)21(25)28-2/h3-11H,12H2,1-2H3. The maximum Gasteiger partial charge on any atom is 0.373 e. The van der Waals surface area contributed by atoms with Crippen LogP contribution in [-0.4, -0.2) is 36.2 Å². The summed E-state index contributed by atoms with van der Waals surface area (Å²) >= 11 is 0.851. The molecule has 1 aromatic heterocycles. The fourth-order valence-corrected chi connectivity index (χ4v) is 4.02. The van der Waals surface area contributed by atoms with Crippen molar-refractivity contribution in [3.8, 4) is 5.75 Å². The SMILES string of the molecule is COC(=O)c1ccc(CN2C(=O)SC(=Cc3c(OC)ccc4ccccc34)C2=O)o1. The highest BCUT2D eigenvalue weighted by Gasteiger charge is 2.36. The molecule has 3 aromatic rings. The molecule has 0 unspecified atom stereocenters. The van der Waals surface area contributed by atoms with Crippen molar-refractivity contribution in [2.45, 2.75) is 6.54 Å². The average molecular weight is 423 g/mol. The lowest BCUT2D eigenvalue weighted by atomic mass is 10.0. The maximum atomic E-state index is 12.9. The van der Waals surface area contributed by atoms with Crippen LogP contribution in [0.25, 0.3) is 16.8 Å². The van der Waals surface area contributed by atoms with E-state index in [9.17, 15) is 14.4 Å². The van der Waals surface area contributed by atoms with Gasteiger partial charge in [-0.2, -0.15) is 0 Å². The first kappa shape index (κ1) is 19.8. The molecular weight excluding hydrogens is 406 g/mol. The Morgan fingerprint density at radius 3 is 2.67 bits per heavy atom. The van der Waals surface area contributed by atoms with Gasteiger partial charge in [-0.1, -0.05) is 30.3 Å². The van der Waals surface area contributed by atoms with Gasteiger partial charge in [0, 0.05) is 5.56 Å². The summed E-state index contributed by atoms with van der Waals surface area (Å²) in [5.41, 5.74) is 0.729. The smallest absolute Gasteiger partial charge is 0.373 e. The molecule has 7 nitrogen and oxygen atoms in total. The number of imide groups is 1. The molecule has 0 aliphatic carbocycles. The molecule has 0 spiro atoms. The summed E-state index contributed by atoms with van der Waals surface area (Å²) in [5.74, 6) is -0.138. The highest BCUT2D eigenvalue weighted by atomic mass is 32.2. The number of esters is 1. The number of thioether (sulfide) groups is 1. The van der Waals surface area contributed by atoms with Gasteiger partial charge in [-0.3, -0.25) is 14.5 Å². The predicted molar refractivity (Wildman–Crippen MR) is 112 cm³/mol. The van der Waals surface area contributed by atoms with E-state index in [4.69, 9.17) is 9.15 Å². The van der Waals surface area contributed by atoms with Gasteiger partial charge < -0.3 is 13.9 Å². The highest BCUT2D eigenvalue weighted by molar-refractivity contribution is 8.18. The minimum atomic E-state index is -0.627. The van der Waals surface area contributed by atoms with Crippen molar-refractivity contribution in [3.05, 3.63) is 70.5 Å². The van der Waals surface area contributed by atoms with Crippen molar-refractivity contribution in [1.82, 2.24) is 4.90 Å². The molecule has 1 aliphatic rings. The summed E-state index contributed by atoms with van der Waals surface area (Å²) in [4.78, 5) is 38.3. The lowest BCUT2D eigenvalue weighted by Gasteiger charge is -2.11. The number of nitrogens with zero attached hydrogens (tertiary/aromatic N) is 1. The number of hydrogen-bond donors (Lipinski definition) is 0. The lowest BCUT2D eigenvalue weighted by molar-refractivity contribution is -0.123. The highest BCUT2D eigenvalue weighted by Crippen LogP contribution is 2.37. The fourth-order valence-electron chi connectivity index (χ4n) is 3.20. The van der Waals surface area contributed by atoms with Gasteiger partial charge in [0.25, 0.3) is 11.1 Å². The van der Waals surface area contributed by atoms with Crippen LogP contribution >= 0.6 is 11.8 Å². The zero-order valence-electron chi connectivity index (χ0n) is 16.2. The molecule has 30 heavy (non-hydrogen) atoms. The monoisotopic (exact) mass is 423 g/mol. The molecule has 4 rings (SSSR count). The van der Waals surface area contributed by atoms with E-state index in [1.165, 1.54) is 19.2 Å². The van der Waals surface area contributed by atoms with E-state index in [2.05, 4.69) is 4.74 Å². The normalized spacial score (nSPS) is 15.3. The Hall–Kier alpha value is -3.52. The summed E-state index contributed by atoms with van der Waals surface area (Å²) in [5, 5.41) is 1.49. The molecular formula is C22H17NO6S. The van der Waals surface area contributed by atoms with Crippen molar-refractivity contribution in [2.24, 2.45) is 0 Å². The zero-order valence-corrected chi connectivity index (χ0v) is 17.0. The summed E-state index contributed by atoms with van der Waals surface area (Å²) in [6, 6.07) is 14.5. The number of carbonyl (C=O) groups is 3. The second-order valence-corrected chi connectivity index (χ2v) is 7.42. The molecule has 0 N–H and O–H groups in total. The van der Waals surface area contributed by atoms with Crippen LogP contribution in [-0.2, 0) is 16.1 Å². The van der Waals surface area contributed by atoms with Crippen molar-refractivity contribution in [3.63, 3.8) is 0 Å². The number of methoxy groups -OCH3 is 2. The minimum absolute atomic E-state index is 0.00973. The van der Waals surface area contributed by atoms with Crippen LogP contribution < -0.4 is 4.74 Å². The summed E-state index contributed by atoms with van der Waals surface area (Å²) in [6.07, 6.45) is 1.67. The number of fused-ring (bicyclic) bond motifs is 1. The molecule has 1 saturated heterocycles. The molecule has 0 saturated carbocycles. The third-order valence-corrected chi connectivity index (χ3v) is 5.57. The second kappa shape index (κ2) is 8.08. The molecule has 0 atom stereocenters. The Kier molecular flexibility index (Phi) is 5.33. The maximum absolute atomic E-state index is 12.9. The van der Waals surface area contributed by atoms with Gasteiger partial charge in [0.05, 0.1) is 25.7 Å². The predicted octanol–water partition coefficient (Wildman–Crippen LogP) is 4.46. The van der Waals surface area contributed by atoms with Crippen molar-refractivity contribution < 1.29 is 28.3 Å². The van der Waals surface area contributed by atoms with Gasteiger partial charge >= 0.3 is 5.97 Å². The molecule has 2 amide bonds. The van der Waals surface area contributed by atoms with E-state index in [-0.39, 0.29) is 17.2 Å². The topological polar surface area (TPSA) is 86.0 Å². The van der Waals surface area contributed by atoms with Crippen molar-refractivity contribution in [1.29, 1.82) is 0 Å². The van der Waals surface area contributed by atoms with E-state index < -0.39 is 17.1 Å². The zero-order chi connectivity index (χ0) is 21.3. The van der Waals surface area contributed by atoms with E-state index in [1.807, 2.05) is 36.4 Å². The second-order valence-electron chi connectivity index (χ2n) is 6.43. The third-order valence-electron chi connectivity index (χ3n) is 4.66. The third kappa shape index (κ3) is 3.57. The van der Waals surface area contributed by atoms with Gasteiger partial charge in [0.1, 0.15) is 11.5 Å². The van der Waals surface area contributed by atoms with Crippen molar-refractivity contribution >= 4 is 45.7 Å². The van der Waals surface area contributed by atoms with Gasteiger partial charge in [0.15, 0.2) is 0 Å². The Labute approximate surface area is 176 Å². The van der Waals surface area contributed by atoms with Crippen LogP contribution in [0.3, 0.4) is 0 Å². The van der Waals surface area contributed by atoms with Crippen LogP contribution in [0.5, 0.6) is 5.75 Å². The van der Waals surface area contributed by atoms with Crippen LogP contribution in [0, 0.1) is 0 Å². The summed E-state index contributed by atoms with van der Waals surface area (Å²) in [7, 11) is 2.80. The Balaban J connectivity index is 1.65. The number of furan rings is 1. The number of carbonyl (C=O) groups excluding carboxylic acids is 3. The van der Waals surface area contributed by atoms with E-state index in [0.717, 1.165) is 33.0 Å². The number of rotatable bonds is 5. The van der Waals surface area contributed by atoms with Crippen LogP contribution in [0.2, 0.25) is 0 Å². The first-order valence-corrected chi connectivity index (χ1v) is 9.81. The Morgan fingerprint density at radius 2 is 1.90 bits per heavy atom. The number of ether oxygens (including phenoxy) is 2. The van der Waals surface area contributed by atoms with Crippen LogP contribution in [0.1, 0.15) is 21.9 Å².